The summed E-state index contributed by atoms with van der Waals surface area (Å²) < 4.78 is 0. The highest BCUT2D eigenvalue weighted by Gasteiger charge is 2.26. The minimum Gasteiger partial charge on any atom is -0.367 e. The van der Waals surface area contributed by atoms with Gasteiger partial charge in [0.1, 0.15) is 0 Å². The first-order valence-corrected chi connectivity index (χ1v) is 12.2. The number of anilines is 1. The van der Waals surface area contributed by atoms with Crippen molar-refractivity contribution in [3.05, 3.63) is 64.3 Å². The number of rotatable bonds is 5. The maximum absolute atomic E-state index is 12.8. The normalized spacial score (nSPS) is 17.9. The predicted molar refractivity (Wildman–Crippen MR) is 133 cm³/mol. The number of carbonyl (C=O) groups is 1. The average Bonchev–Trinajstić information content (AvgIpc) is 2.89. The number of hydrogen-bond acceptors (Lipinski definition) is 6. The van der Waals surface area contributed by atoms with E-state index in [0.717, 1.165) is 81.1 Å². The molecule has 2 saturated heterocycles. The third-order valence-electron chi connectivity index (χ3n) is 7.23. The lowest BCUT2D eigenvalue weighted by atomic mass is 9.90. The maximum Gasteiger partial charge on any atom is 0.272 e. The number of H-pyrrole nitrogens is 1. The van der Waals surface area contributed by atoms with Crippen LogP contribution in [0, 0.1) is 6.92 Å². The van der Waals surface area contributed by atoms with Crippen molar-refractivity contribution in [2.75, 3.05) is 50.7 Å². The Morgan fingerprint density at radius 2 is 1.74 bits per heavy atom. The van der Waals surface area contributed by atoms with Crippen LogP contribution in [0.5, 0.6) is 0 Å². The van der Waals surface area contributed by atoms with E-state index in [0.29, 0.717) is 17.7 Å². The van der Waals surface area contributed by atoms with Crippen molar-refractivity contribution in [2.24, 2.45) is 0 Å². The van der Waals surface area contributed by atoms with Gasteiger partial charge in [0.05, 0.1) is 23.0 Å². The monoisotopic (exact) mass is 460 g/mol. The van der Waals surface area contributed by atoms with Gasteiger partial charge in [0.15, 0.2) is 0 Å². The summed E-state index contributed by atoms with van der Waals surface area (Å²) in [5, 5.41) is 8.73. The number of nitrogens with zero attached hydrogens (tertiary/aromatic N) is 5. The van der Waals surface area contributed by atoms with E-state index in [2.05, 4.69) is 31.0 Å². The Bertz CT molecular complexity index is 1190. The Hall–Kier alpha value is -3.26. The molecule has 0 spiro atoms. The summed E-state index contributed by atoms with van der Waals surface area (Å²) in [7, 11) is 0. The maximum atomic E-state index is 12.8. The van der Waals surface area contributed by atoms with Gasteiger partial charge in [0.2, 0.25) is 5.91 Å². The molecular weight excluding hydrogens is 428 g/mol. The van der Waals surface area contributed by atoms with E-state index in [1.807, 2.05) is 48.4 Å². The van der Waals surface area contributed by atoms with Crippen LogP contribution in [0.4, 0.5) is 5.69 Å². The number of piperazine rings is 1. The number of carbonyl (C=O) groups excluding carboxylic acids is 1. The van der Waals surface area contributed by atoms with E-state index in [-0.39, 0.29) is 11.5 Å². The first-order chi connectivity index (χ1) is 16.6. The van der Waals surface area contributed by atoms with Crippen LogP contribution in [-0.2, 0) is 4.79 Å². The second kappa shape index (κ2) is 9.93. The van der Waals surface area contributed by atoms with Gasteiger partial charge in [-0.2, -0.15) is 5.10 Å². The number of nitrogens with one attached hydrogen (secondary N) is 1. The van der Waals surface area contributed by atoms with Crippen molar-refractivity contribution >= 4 is 22.4 Å². The van der Waals surface area contributed by atoms with Crippen LogP contribution in [0.15, 0.2) is 47.4 Å². The van der Waals surface area contributed by atoms with Gasteiger partial charge in [0, 0.05) is 56.1 Å². The van der Waals surface area contributed by atoms with Gasteiger partial charge in [-0.15, -0.1) is 0 Å². The fourth-order valence-electron chi connectivity index (χ4n) is 5.15. The van der Waals surface area contributed by atoms with Crippen LogP contribution < -0.4 is 10.5 Å². The zero-order valence-electron chi connectivity index (χ0n) is 19.7. The molecule has 0 unspecified atom stereocenters. The lowest BCUT2D eigenvalue weighted by Gasteiger charge is -2.37. The number of fused-ring (bicyclic) bond motifs is 1. The molecule has 2 fully saturated rings. The number of amides is 1. The molecule has 0 bridgehead atoms. The van der Waals surface area contributed by atoms with Gasteiger partial charge in [-0.1, -0.05) is 18.2 Å². The second-order valence-electron chi connectivity index (χ2n) is 9.38. The number of pyridine rings is 1. The lowest BCUT2D eigenvalue weighted by molar-refractivity contribution is -0.131. The van der Waals surface area contributed by atoms with Crippen LogP contribution in [0.25, 0.3) is 10.8 Å². The van der Waals surface area contributed by atoms with E-state index >= 15 is 0 Å². The first-order valence-electron chi connectivity index (χ1n) is 12.2. The third kappa shape index (κ3) is 4.82. The molecule has 0 radical (unpaired) electrons. The minimum atomic E-state index is -0.133. The summed E-state index contributed by atoms with van der Waals surface area (Å²) in [4.78, 5) is 36.0. The molecule has 0 aliphatic carbocycles. The van der Waals surface area contributed by atoms with Gasteiger partial charge >= 0.3 is 0 Å². The number of aryl methyl sites for hydroxylation is 1. The van der Waals surface area contributed by atoms with E-state index < -0.39 is 0 Å². The SMILES string of the molecule is Cc1ccc(N2CCN(C(=O)CCN3CCC(c4n[nH]c(=O)c5ccccc45)CC3)CC2)cn1. The molecule has 2 aliphatic heterocycles. The molecule has 0 atom stereocenters. The van der Waals surface area contributed by atoms with Crippen molar-refractivity contribution in [3.8, 4) is 0 Å². The summed E-state index contributed by atoms with van der Waals surface area (Å²) in [5.74, 6) is 0.579. The van der Waals surface area contributed by atoms with Crippen molar-refractivity contribution in [1.29, 1.82) is 0 Å². The second-order valence-corrected chi connectivity index (χ2v) is 9.38. The van der Waals surface area contributed by atoms with Gasteiger partial charge < -0.3 is 14.7 Å². The van der Waals surface area contributed by atoms with Crippen LogP contribution >= 0.6 is 0 Å². The minimum absolute atomic E-state index is 0.133. The van der Waals surface area contributed by atoms with Crippen LogP contribution in [0.3, 0.4) is 0 Å². The molecule has 34 heavy (non-hydrogen) atoms. The topological polar surface area (TPSA) is 85.4 Å². The lowest BCUT2D eigenvalue weighted by Crippen LogP contribution is -2.49. The molecule has 2 aromatic heterocycles. The number of piperidine rings is 1. The van der Waals surface area contributed by atoms with Gasteiger partial charge in [-0.05, 0) is 51.1 Å². The quantitative estimate of drug-likeness (QED) is 0.630. The predicted octanol–water partition coefficient (Wildman–Crippen LogP) is 2.54. The van der Waals surface area contributed by atoms with Crippen molar-refractivity contribution in [2.45, 2.75) is 32.1 Å². The number of benzene rings is 1. The van der Waals surface area contributed by atoms with E-state index in [1.54, 1.807) is 0 Å². The Morgan fingerprint density at radius 3 is 2.44 bits per heavy atom. The molecule has 5 rings (SSSR count). The van der Waals surface area contributed by atoms with Crippen LogP contribution in [-0.4, -0.2) is 76.7 Å². The van der Waals surface area contributed by atoms with Crippen molar-refractivity contribution in [3.63, 3.8) is 0 Å². The van der Waals surface area contributed by atoms with E-state index in [9.17, 15) is 9.59 Å². The fourth-order valence-corrected chi connectivity index (χ4v) is 5.15. The largest absolute Gasteiger partial charge is 0.367 e. The highest BCUT2D eigenvalue weighted by molar-refractivity contribution is 5.83. The molecule has 3 aromatic rings. The fraction of sp³-hybridized carbons (Fsp3) is 0.462. The summed E-state index contributed by atoms with van der Waals surface area (Å²) in [6.07, 6.45) is 4.46. The van der Waals surface area contributed by atoms with Crippen molar-refractivity contribution < 1.29 is 4.79 Å². The molecule has 1 amide bonds. The van der Waals surface area contributed by atoms with Crippen molar-refractivity contribution in [1.82, 2.24) is 25.0 Å². The molecule has 8 heteroatoms. The van der Waals surface area contributed by atoms with Gasteiger partial charge in [0.25, 0.3) is 5.56 Å². The van der Waals surface area contributed by atoms with Crippen LogP contribution in [0.2, 0.25) is 0 Å². The number of likely N-dealkylation sites (tertiary alicyclic amines) is 1. The average molecular weight is 461 g/mol. The molecule has 1 N–H and O–H groups in total. The molecule has 1 aromatic carbocycles. The summed E-state index contributed by atoms with van der Waals surface area (Å²) in [6, 6.07) is 11.8. The van der Waals surface area contributed by atoms with Gasteiger partial charge in [-0.25, -0.2) is 5.10 Å². The standard InChI is InChI=1S/C26H32N6O2/c1-19-6-7-21(18-27-19)31-14-16-32(17-15-31)24(33)10-13-30-11-8-20(9-12-30)25-22-4-2-3-5-23(22)26(34)29-28-25/h2-7,18,20H,8-17H2,1H3,(H,29,34). The Morgan fingerprint density at radius 1 is 1.00 bits per heavy atom. The zero-order chi connectivity index (χ0) is 23.5. The Balaban J connectivity index is 1.09. The Kier molecular flexibility index (Phi) is 6.58. The highest BCUT2D eigenvalue weighted by Crippen LogP contribution is 2.30. The molecule has 8 nitrogen and oxygen atoms in total. The van der Waals surface area contributed by atoms with E-state index in [4.69, 9.17) is 0 Å². The summed E-state index contributed by atoms with van der Waals surface area (Å²) in [6.45, 7) is 7.91. The summed E-state index contributed by atoms with van der Waals surface area (Å²) in [5.41, 5.74) is 3.01. The number of aromatic nitrogens is 3. The molecule has 2 aliphatic rings. The number of hydrogen-bond donors (Lipinski definition) is 1. The first kappa shape index (κ1) is 22.5. The van der Waals surface area contributed by atoms with E-state index in [1.165, 1.54) is 0 Å². The number of aromatic amines is 1. The molecule has 0 saturated carbocycles. The van der Waals surface area contributed by atoms with Crippen LogP contribution in [0.1, 0.15) is 36.6 Å². The zero-order valence-corrected chi connectivity index (χ0v) is 19.7. The summed E-state index contributed by atoms with van der Waals surface area (Å²) >= 11 is 0. The molecule has 4 heterocycles. The van der Waals surface area contributed by atoms with Gasteiger partial charge in [-0.3, -0.25) is 14.6 Å². The smallest absolute Gasteiger partial charge is 0.272 e. The third-order valence-corrected chi connectivity index (χ3v) is 7.23. The molecular formula is C26H32N6O2. The Labute approximate surface area is 199 Å². The highest BCUT2D eigenvalue weighted by atomic mass is 16.2. The molecule has 178 valence electrons.